The lowest BCUT2D eigenvalue weighted by atomic mass is 10.6. The van der Waals surface area contributed by atoms with Crippen LogP contribution in [0.5, 0.6) is 0 Å². The Hall–Kier alpha value is -1.16. The van der Waals surface area contributed by atoms with Crippen LogP contribution < -0.4 is 0 Å². The van der Waals surface area contributed by atoms with Crippen LogP contribution >= 0.6 is 0 Å². The van der Waals surface area contributed by atoms with Gasteiger partial charge < -0.3 is 4.57 Å². The Labute approximate surface area is 72.5 Å². The number of rotatable bonds is 2. The average Bonchev–Trinajstić information content (AvgIpc) is 2.31. The summed E-state index contributed by atoms with van der Waals surface area (Å²) in [6, 6.07) is 0. The molecule has 0 saturated heterocycles. The zero-order valence-electron chi connectivity index (χ0n) is 7.20. The molecule has 0 fully saturated rings. The van der Waals surface area contributed by atoms with Gasteiger partial charge in [-0.2, -0.15) is 0 Å². The summed E-state index contributed by atoms with van der Waals surface area (Å²) in [5.74, 6) is -0.423. The van der Waals surface area contributed by atoms with Crippen molar-refractivity contribution < 1.29 is 9.59 Å². The SMILES string of the molecule is C=C[Si](C)(C)N1C(=O)C=CC1=O. The van der Waals surface area contributed by atoms with Crippen molar-refractivity contribution in [1.82, 2.24) is 4.57 Å². The summed E-state index contributed by atoms with van der Waals surface area (Å²) in [5.41, 5.74) is 1.72. The topological polar surface area (TPSA) is 37.4 Å². The molecular weight excluding hydrogens is 170 g/mol. The number of hydrogen-bond acceptors (Lipinski definition) is 2. The fourth-order valence-corrected chi connectivity index (χ4v) is 2.53. The quantitative estimate of drug-likeness (QED) is 0.467. The van der Waals surface area contributed by atoms with Gasteiger partial charge in [-0.3, -0.25) is 9.59 Å². The third-order valence-corrected chi connectivity index (χ3v) is 4.48. The van der Waals surface area contributed by atoms with E-state index < -0.39 is 8.24 Å². The smallest absolute Gasteiger partial charge is 0.245 e. The summed E-state index contributed by atoms with van der Waals surface area (Å²) in [4.78, 5) is 22.4. The molecule has 4 heteroatoms. The van der Waals surface area contributed by atoms with E-state index in [4.69, 9.17) is 0 Å². The molecule has 2 amide bonds. The zero-order chi connectivity index (χ0) is 9.35. The van der Waals surface area contributed by atoms with Crippen LogP contribution in [-0.2, 0) is 9.59 Å². The van der Waals surface area contributed by atoms with Crippen LogP contribution in [0.25, 0.3) is 0 Å². The minimum absolute atomic E-state index is 0.212. The van der Waals surface area contributed by atoms with Gasteiger partial charge in [0, 0.05) is 12.2 Å². The Balaban J connectivity index is 2.97. The molecule has 0 aromatic heterocycles. The van der Waals surface area contributed by atoms with Crippen molar-refractivity contribution in [3.05, 3.63) is 24.4 Å². The lowest BCUT2D eigenvalue weighted by Crippen LogP contribution is -2.50. The van der Waals surface area contributed by atoms with Crippen LogP contribution in [0.2, 0.25) is 13.1 Å². The van der Waals surface area contributed by atoms with Gasteiger partial charge in [0.1, 0.15) is 0 Å². The highest BCUT2D eigenvalue weighted by Gasteiger charge is 2.36. The van der Waals surface area contributed by atoms with Crippen molar-refractivity contribution in [2.24, 2.45) is 0 Å². The van der Waals surface area contributed by atoms with Crippen LogP contribution in [0.1, 0.15) is 0 Å². The normalized spacial score (nSPS) is 17.3. The minimum atomic E-state index is -2.03. The second kappa shape index (κ2) is 2.71. The fourth-order valence-electron chi connectivity index (χ4n) is 1.06. The summed E-state index contributed by atoms with van der Waals surface area (Å²) < 4.78 is 1.32. The maximum Gasteiger partial charge on any atom is 0.245 e. The number of imide groups is 1. The standard InChI is InChI=1S/C8H11NO2Si/c1-4-12(2,3)9-7(10)5-6-8(9)11/h4-6H,1H2,2-3H3. The Bertz CT molecular complexity index is 263. The van der Waals surface area contributed by atoms with E-state index in [2.05, 4.69) is 6.58 Å². The maximum atomic E-state index is 11.2. The molecule has 0 saturated carbocycles. The second-order valence-corrected chi connectivity index (χ2v) is 7.37. The van der Waals surface area contributed by atoms with Gasteiger partial charge in [-0.15, -0.1) is 6.58 Å². The molecule has 0 aliphatic carbocycles. The first-order chi connectivity index (χ1) is 5.49. The van der Waals surface area contributed by atoms with E-state index in [1.807, 2.05) is 13.1 Å². The van der Waals surface area contributed by atoms with Gasteiger partial charge in [-0.1, -0.05) is 5.70 Å². The molecule has 0 radical (unpaired) electrons. The predicted molar refractivity (Wildman–Crippen MR) is 48.7 cm³/mol. The minimum Gasteiger partial charge on any atom is -0.301 e. The van der Waals surface area contributed by atoms with E-state index in [0.717, 1.165) is 0 Å². The molecule has 0 spiro atoms. The summed E-state index contributed by atoms with van der Waals surface area (Å²) in [7, 11) is -2.03. The first kappa shape index (κ1) is 8.93. The molecule has 1 rings (SSSR count). The molecule has 64 valence electrons. The summed E-state index contributed by atoms with van der Waals surface area (Å²) in [6.45, 7) is 7.44. The Morgan fingerprint density at radius 3 is 2.08 bits per heavy atom. The highest BCUT2D eigenvalue weighted by molar-refractivity contribution is 6.84. The molecule has 1 aliphatic heterocycles. The van der Waals surface area contributed by atoms with Crippen molar-refractivity contribution in [1.29, 1.82) is 0 Å². The summed E-state index contributed by atoms with van der Waals surface area (Å²) >= 11 is 0. The summed E-state index contributed by atoms with van der Waals surface area (Å²) in [6.07, 6.45) is 2.61. The predicted octanol–water partition coefficient (Wildman–Crippen LogP) is 0.842. The van der Waals surface area contributed by atoms with Gasteiger partial charge in [-0.25, -0.2) is 0 Å². The molecule has 1 aliphatic rings. The van der Waals surface area contributed by atoms with E-state index in [0.29, 0.717) is 0 Å². The van der Waals surface area contributed by atoms with E-state index in [9.17, 15) is 9.59 Å². The number of carbonyl (C=O) groups is 2. The van der Waals surface area contributed by atoms with Crippen molar-refractivity contribution in [2.75, 3.05) is 0 Å². The molecule has 0 aromatic carbocycles. The van der Waals surface area contributed by atoms with Gasteiger partial charge in [0.25, 0.3) is 0 Å². The molecule has 12 heavy (non-hydrogen) atoms. The Morgan fingerprint density at radius 2 is 1.75 bits per heavy atom. The molecule has 0 unspecified atom stereocenters. The highest BCUT2D eigenvalue weighted by Crippen LogP contribution is 2.16. The number of nitrogens with zero attached hydrogens (tertiary/aromatic N) is 1. The number of carbonyl (C=O) groups excluding carboxylic acids is 2. The van der Waals surface area contributed by atoms with Gasteiger partial charge >= 0.3 is 0 Å². The fraction of sp³-hybridized carbons (Fsp3) is 0.250. The number of amides is 2. The first-order valence-corrected chi connectivity index (χ1v) is 6.71. The Morgan fingerprint density at radius 1 is 1.33 bits per heavy atom. The van der Waals surface area contributed by atoms with Crippen LogP contribution in [0, 0.1) is 0 Å². The van der Waals surface area contributed by atoms with E-state index >= 15 is 0 Å². The first-order valence-electron chi connectivity index (χ1n) is 3.69. The monoisotopic (exact) mass is 181 g/mol. The van der Waals surface area contributed by atoms with Gasteiger partial charge in [-0.05, 0) is 13.1 Å². The third kappa shape index (κ3) is 1.25. The van der Waals surface area contributed by atoms with Gasteiger partial charge in [0.05, 0.1) is 0 Å². The lowest BCUT2D eigenvalue weighted by molar-refractivity contribution is -0.131. The van der Waals surface area contributed by atoms with Crippen molar-refractivity contribution in [3.8, 4) is 0 Å². The number of hydrogen-bond donors (Lipinski definition) is 0. The molecule has 1 heterocycles. The lowest BCUT2D eigenvalue weighted by Gasteiger charge is -2.28. The third-order valence-electron chi connectivity index (χ3n) is 1.89. The van der Waals surface area contributed by atoms with Gasteiger partial charge in [0.15, 0.2) is 8.24 Å². The maximum absolute atomic E-state index is 11.2. The van der Waals surface area contributed by atoms with Gasteiger partial charge in [0.2, 0.25) is 11.8 Å². The zero-order valence-corrected chi connectivity index (χ0v) is 8.20. The van der Waals surface area contributed by atoms with Crippen LogP contribution in [-0.4, -0.2) is 24.6 Å². The van der Waals surface area contributed by atoms with Crippen LogP contribution in [0.15, 0.2) is 24.4 Å². The van der Waals surface area contributed by atoms with E-state index in [1.165, 1.54) is 16.7 Å². The van der Waals surface area contributed by atoms with Crippen LogP contribution in [0.4, 0.5) is 0 Å². The molecule has 0 atom stereocenters. The highest BCUT2D eigenvalue weighted by atomic mass is 28.3. The van der Waals surface area contributed by atoms with E-state index in [1.54, 1.807) is 5.70 Å². The van der Waals surface area contributed by atoms with Crippen molar-refractivity contribution in [2.45, 2.75) is 13.1 Å². The molecule has 0 bridgehead atoms. The summed E-state index contributed by atoms with van der Waals surface area (Å²) in [5, 5.41) is 0. The Kier molecular flexibility index (Phi) is 2.02. The molecule has 0 aromatic rings. The largest absolute Gasteiger partial charge is 0.301 e. The van der Waals surface area contributed by atoms with Crippen LogP contribution in [0.3, 0.4) is 0 Å². The molecule has 0 N–H and O–H groups in total. The van der Waals surface area contributed by atoms with Crippen molar-refractivity contribution in [3.63, 3.8) is 0 Å². The second-order valence-electron chi connectivity index (χ2n) is 3.20. The van der Waals surface area contributed by atoms with E-state index in [-0.39, 0.29) is 11.8 Å². The molecule has 3 nitrogen and oxygen atoms in total. The average molecular weight is 181 g/mol. The van der Waals surface area contributed by atoms with Crippen molar-refractivity contribution >= 4 is 20.0 Å². The molecular formula is C8H11NO2Si.